The minimum Gasteiger partial charge on any atom is -0.354 e. The zero-order valence-electron chi connectivity index (χ0n) is 11.1. The molecule has 94 valence electrons. The molecule has 2 atom stereocenters. The van der Waals surface area contributed by atoms with Crippen LogP contribution in [0.25, 0.3) is 0 Å². The molecule has 3 heteroatoms. The fourth-order valence-corrected chi connectivity index (χ4v) is 2.47. The Labute approximate surface area is 104 Å². The van der Waals surface area contributed by atoms with Gasteiger partial charge in [-0.2, -0.15) is 0 Å². The second-order valence-electron chi connectivity index (χ2n) is 5.00. The predicted octanol–water partition coefficient (Wildman–Crippen LogP) is 2.74. The molecule has 1 fully saturated rings. The van der Waals surface area contributed by atoms with Gasteiger partial charge >= 0.3 is 0 Å². The lowest BCUT2D eigenvalue weighted by Crippen LogP contribution is -2.38. The summed E-state index contributed by atoms with van der Waals surface area (Å²) < 4.78 is 0. The van der Waals surface area contributed by atoms with Gasteiger partial charge in [0.2, 0.25) is 0 Å². The highest BCUT2D eigenvalue weighted by atomic mass is 15.2. The molecule has 0 saturated carbocycles. The molecule has 2 heterocycles. The van der Waals surface area contributed by atoms with Gasteiger partial charge in [0, 0.05) is 24.8 Å². The zero-order chi connectivity index (χ0) is 12.3. The third-order valence-corrected chi connectivity index (χ3v) is 3.80. The van der Waals surface area contributed by atoms with Gasteiger partial charge in [0.15, 0.2) is 0 Å². The number of nitrogens with one attached hydrogen (secondary N) is 1. The quantitative estimate of drug-likeness (QED) is 0.870. The van der Waals surface area contributed by atoms with Gasteiger partial charge in [-0.05, 0) is 57.9 Å². The molecule has 1 aromatic heterocycles. The molecule has 0 spiro atoms. The Bertz CT molecular complexity index is 364. The molecule has 1 saturated heterocycles. The van der Waals surface area contributed by atoms with Gasteiger partial charge in [0.05, 0.1) is 0 Å². The van der Waals surface area contributed by atoms with Gasteiger partial charge in [-0.1, -0.05) is 0 Å². The number of nitrogens with zero attached hydrogens (tertiary/aromatic N) is 2. The normalized spacial score (nSPS) is 22.5. The van der Waals surface area contributed by atoms with Crippen LogP contribution in [-0.2, 0) is 0 Å². The van der Waals surface area contributed by atoms with Crippen molar-refractivity contribution >= 4 is 5.82 Å². The van der Waals surface area contributed by atoms with Gasteiger partial charge in [0.1, 0.15) is 5.82 Å². The van der Waals surface area contributed by atoms with E-state index in [2.05, 4.69) is 41.2 Å². The molecule has 3 nitrogen and oxygen atoms in total. The summed E-state index contributed by atoms with van der Waals surface area (Å²) in [4.78, 5) is 6.97. The maximum atomic E-state index is 4.53. The molecule has 0 aromatic carbocycles. The summed E-state index contributed by atoms with van der Waals surface area (Å²) in [6, 6.07) is 5.33. The largest absolute Gasteiger partial charge is 0.354 e. The highest BCUT2D eigenvalue weighted by Crippen LogP contribution is 2.24. The van der Waals surface area contributed by atoms with E-state index in [-0.39, 0.29) is 0 Å². The molecule has 2 unspecified atom stereocenters. The Kier molecular flexibility index (Phi) is 4.00. The summed E-state index contributed by atoms with van der Waals surface area (Å²) in [6.45, 7) is 5.62. The van der Waals surface area contributed by atoms with Crippen molar-refractivity contribution in [3.8, 4) is 0 Å². The number of aromatic nitrogens is 1. The van der Waals surface area contributed by atoms with Crippen molar-refractivity contribution in [3.63, 3.8) is 0 Å². The molecule has 0 amide bonds. The topological polar surface area (TPSA) is 28.2 Å². The van der Waals surface area contributed by atoms with E-state index in [0.717, 1.165) is 12.4 Å². The van der Waals surface area contributed by atoms with Crippen LogP contribution in [-0.4, -0.2) is 24.6 Å². The monoisotopic (exact) mass is 233 g/mol. The van der Waals surface area contributed by atoms with Crippen LogP contribution >= 0.6 is 0 Å². The fraction of sp³-hybridized carbons (Fsp3) is 0.643. The van der Waals surface area contributed by atoms with Crippen molar-refractivity contribution in [1.29, 1.82) is 0 Å². The average molecular weight is 233 g/mol. The van der Waals surface area contributed by atoms with E-state index in [4.69, 9.17) is 0 Å². The number of piperidine rings is 1. The van der Waals surface area contributed by atoms with Crippen molar-refractivity contribution in [2.75, 3.05) is 18.5 Å². The second kappa shape index (κ2) is 5.50. The summed E-state index contributed by atoms with van der Waals surface area (Å²) in [7, 11) is 1.99. The maximum Gasteiger partial charge on any atom is 0.129 e. The van der Waals surface area contributed by atoms with Crippen molar-refractivity contribution in [2.24, 2.45) is 0 Å². The first kappa shape index (κ1) is 12.4. The molecule has 0 bridgehead atoms. The van der Waals surface area contributed by atoms with E-state index in [1.165, 1.54) is 24.8 Å². The third kappa shape index (κ3) is 2.78. The Hall–Kier alpha value is -1.09. The van der Waals surface area contributed by atoms with Crippen LogP contribution in [0.3, 0.4) is 0 Å². The summed E-state index contributed by atoms with van der Waals surface area (Å²) in [5.74, 6) is 1.14. The van der Waals surface area contributed by atoms with Crippen molar-refractivity contribution in [1.82, 2.24) is 10.3 Å². The first-order chi connectivity index (χ1) is 8.22. The first-order valence-electron chi connectivity index (χ1n) is 6.62. The van der Waals surface area contributed by atoms with Crippen LogP contribution < -0.4 is 10.2 Å². The number of anilines is 1. The predicted molar refractivity (Wildman–Crippen MR) is 72.4 cm³/mol. The lowest BCUT2D eigenvalue weighted by molar-refractivity contribution is 0.481. The van der Waals surface area contributed by atoms with E-state index >= 15 is 0 Å². The van der Waals surface area contributed by atoms with Crippen molar-refractivity contribution < 1.29 is 0 Å². The van der Waals surface area contributed by atoms with Gasteiger partial charge < -0.3 is 10.2 Å². The lowest BCUT2D eigenvalue weighted by Gasteiger charge is -2.34. The number of hydrogen-bond donors (Lipinski definition) is 1. The molecule has 1 aromatic rings. The van der Waals surface area contributed by atoms with Crippen LogP contribution in [0, 0.1) is 0 Å². The van der Waals surface area contributed by atoms with Crippen LogP contribution in [0.1, 0.15) is 44.7 Å². The SMILES string of the molecule is CNC(C)c1ccnc(N2CCCCC2C)c1. The standard InChI is InChI=1S/C14H23N3/c1-11-6-4-5-9-17(11)14-10-13(7-8-16-14)12(2)15-3/h7-8,10-12,15H,4-6,9H2,1-3H3. The van der Waals surface area contributed by atoms with Gasteiger partial charge in [-0.15, -0.1) is 0 Å². The smallest absolute Gasteiger partial charge is 0.129 e. The van der Waals surface area contributed by atoms with Crippen LogP contribution in [0.2, 0.25) is 0 Å². The van der Waals surface area contributed by atoms with Crippen LogP contribution in [0.4, 0.5) is 5.82 Å². The van der Waals surface area contributed by atoms with E-state index < -0.39 is 0 Å². The van der Waals surface area contributed by atoms with Gasteiger partial charge in [-0.3, -0.25) is 0 Å². The van der Waals surface area contributed by atoms with E-state index in [1.54, 1.807) is 0 Å². The Morgan fingerprint density at radius 1 is 1.47 bits per heavy atom. The van der Waals surface area contributed by atoms with E-state index in [0.29, 0.717) is 12.1 Å². The first-order valence-corrected chi connectivity index (χ1v) is 6.62. The highest BCUT2D eigenvalue weighted by molar-refractivity contribution is 5.43. The molecule has 0 radical (unpaired) electrons. The molecule has 0 aliphatic carbocycles. The molecular formula is C14H23N3. The molecular weight excluding hydrogens is 210 g/mol. The molecule has 2 rings (SSSR count). The number of pyridine rings is 1. The fourth-order valence-electron chi connectivity index (χ4n) is 2.47. The molecule has 17 heavy (non-hydrogen) atoms. The van der Waals surface area contributed by atoms with Gasteiger partial charge in [0.25, 0.3) is 0 Å². The third-order valence-electron chi connectivity index (χ3n) is 3.80. The highest BCUT2D eigenvalue weighted by Gasteiger charge is 2.19. The summed E-state index contributed by atoms with van der Waals surface area (Å²) >= 11 is 0. The molecule has 1 aliphatic heterocycles. The zero-order valence-corrected chi connectivity index (χ0v) is 11.1. The van der Waals surface area contributed by atoms with E-state index in [1.807, 2.05) is 13.2 Å². The number of rotatable bonds is 3. The lowest BCUT2D eigenvalue weighted by atomic mass is 10.0. The Balaban J connectivity index is 2.20. The second-order valence-corrected chi connectivity index (χ2v) is 5.00. The van der Waals surface area contributed by atoms with Crippen LogP contribution in [0.5, 0.6) is 0 Å². The van der Waals surface area contributed by atoms with Crippen LogP contribution in [0.15, 0.2) is 18.3 Å². The Morgan fingerprint density at radius 2 is 2.29 bits per heavy atom. The molecule has 1 aliphatic rings. The van der Waals surface area contributed by atoms with Crippen molar-refractivity contribution in [3.05, 3.63) is 23.9 Å². The minimum atomic E-state index is 0.386. The summed E-state index contributed by atoms with van der Waals surface area (Å²) in [5, 5.41) is 3.28. The van der Waals surface area contributed by atoms with Crippen molar-refractivity contribution in [2.45, 2.75) is 45.2 Å². The molecule has 1 N–H and O–H groups in total. The minimum absolute atomic E-state index is 0.386. The van der Waals surface area contributed by atoms with Gasteiger partial charge in [-0.25, -0.2) is 4.98 Å². The van der Waals surface area contributed by atoms with E-state index in [9.17, 15) is 0 Å². The summed E-state index contributed by atoms with van der Waals surface area (Å²) in [5.41, 5.74) is 1.32. The maximum absolute atomic E-state index is 4.53. The average Bonchev–Trinajstić information content (AvgIpc) is 2.38. The number of hydrogen-bond acceptors (Lipinski definition) is 3. The summed E-state index contributed by atoms with van der Waals surface area (Å²) in [6.07, 6.45) is 5.86. The Morgan fingerprint density at radius 3 is 3.00 bits per heavy atom.